The fourth-order valence-electron chi connectivity index (χ4n) is 3.36. The number of halogens is 2. The van der Waals surface area contributed by atoms with Gasteiger partial charge in [-0.3, -0.25) is 9.69 Å². The van der Waals surface area contributed by atoms with Gasteiger partial charge in [0.05, 0.1) is 11.3 Å². The molecule has 1 aromatic carbocycles. The van der Waals surface area contributed by atoms with E-state index in [1.165, 1.54) is 6.08 Å². The number of carbonyl (C=O) groups is 1. The molecular weight excluding hydrogens is 317 g/mol. The summed E-state index contributed by atoms with van der Waals surface area (Å²) in [6, 6.07) is 9.96. The standard InChI is InChI=1S/C18H19ClFNO2/c19-16-7-6-13(8-17(16)20)14-10-21(11-15(14)18(22)23)9-12-4-2-1-3-5-12/h1-6,8,14-16H,7,9-11H2,(H,22,23). The lowest BCUT2D eigenvalue weighted by atomic mass is 9.86. The Bertz CT molecular complexity index is 644. The molecule has 23 heavy (non-hydrogen) atoms. The molecule has 0 spiro atoms. The first-order valence-corrected chi connectivity index (χ1v) is 8.18. The summed E-state index contributed by atoms with van der Waals surface area (Å²) in [7, 11) is 0. The molecule has 1 N–H and O–H groups in total. The summed E-state index contributed by atoms with van der Waals surface area (Å²) in [6.07, 6.45) is 3.72. The summed E-state index contributed by atoms with van der Waals surface area (Å²) in [5.74, 6) is -1.89. The highest BCUT2D eigenvalue weighted by atomic mass is 35.5. The monoisotopic (exact) mass is 335 g/mol. The largest absolute Gasteiger partial charge is 0.481 e. The van der Waals surface area contributed by atoms with Crippen LogP contribution in [0.25, 0.3) is 0 Å². The molecule has 3 rings (SSSR count). The van der Waals surface area contributed by atoms with Crippen molar-refractivity contribution in [3.8, 4) is 0 Å². The number of carboxylic acids is 1. The first kappa shape index (κ1) is 16.2. The molecule has 1 heterocycles. The molecular formula is C18H19ClFNO2. The molecule has 5 heteroatoms. The summed E-state index contributed by atoms with van der Waals surface area (Å²) in [5, 5.41) is 8.90. The number of benzene rings is 1. The van der Waals surface area contributed by atoms with Gasteiger partial charge in [-0.25, -0.2) is 4.39 Å². The Morgan fingerprint density at radius 3 is 2.70 bits per heavy atom. The van der Waals surface area contributed by atoms with E-state index >= 15 is 0 Å². The Morgan fingerprint density at radius 2 is 2.04 bits per heavy atom. The van der Waals surface area contributed by atoms with Crippen LogP contribution in [0.4, 0.5) is 4.39 Å². The van der Waals surface area contributed by atoms with Crippen molar-refractivity contribution in [1.29, 1.82) is 0 Å². The zero-order valence-corrected chi connectivity index (χ0v) is 13.4. The van der Waals surface area contributed by atoms with Gasteiger partial charge in [0.1, 0.15) is 5.83 Å². The molecule has 122 valence electrons. The summed E-state index contributed by atoms with van der Waals surface area (Å²) in [5.41, 5.74) is 1.92. The average Bonchev–Trinajstić information content (AvgIpc) is 2.95. The van der Waals surface area contributed by atoms with Gasteiger partial charge in [-0.2, -0.15) is 0 Å². The summed E-state index contributed by atoms with van der Waals surface area (Å²) < 4.78 is 13.8. The number of carboxylic acid groups (broad SMARTS) is 1. The summed E-state index contributed by atoms with van der Waals surface area (Å²) in [4.78, 5) is 13.7. The molecule has 1 fully saturated rings. The van der Waals surface area contributed by atoms with Crippen molar-refractivity contribution in [1.82, 2.24) is 4.90 Å². The van der Waals surface area contributed by atoms with Gasteiger partial charge < -0.3 is 5.11 Å². The van der Waals surface area contributed by atoms with E-state index in [-0.39, 0.29) is 11.7 Å². The molecule has 0 aromatic heterocycles. The van der Waals surface area contributed by atoms with Gasteiger partial charge in [-0.05, 0) is 23.6 Å². The van der Waals surface area contributed by atoms with Gasteiger partial charge in [0.15, 0.2) is 0 Å². The van der Waals surface area contributed by atoms with E-state index in [2.05, 4.69) is 4.90 Å². The van der Waals surface area contributed by atoms with Crippen molar-refractivity contribution in [3.05, 3.63) is 59.4 Å². The molecule has 3 atom stereocenters. The predicted octanol–water partition coefficient (Wildman–Crippen LogP) is 3.61. The van der Waals surface area contributed by atoms with Crippen molar-refractivity contribution in [2.45, 2.75) is 18.3 Å². The van der Waals surface area contributed by atoms with Crippen molar-refractivity contribution in [3.63, 3.8) is 0 Å². The van der Waals surface area contributed by atoms with Crippen LogP contribution in [0.15, 0.2) is 53.9 Å². The Kier molecular flexibility index (Phi) is 4.83. The highest BCUT2D eigenvalue weighted by Gasteiger charge is 2.39. The van der Waals surface area contributed by atoms with E-state index in [0.717, 1.165) is 11.1 Å². The maximum Gasteiger partial charge on any atom is 0.308 e. The number of hydrogen-bond donors (Lipinski definition) is 1. The van der Waals surface area contributed by atoms with Crippen molar-refractivity contribution in [2.24, 2.45) is 11.8 Å². The SMILES string of the molecule is O=C(O)C1CN(Cc2ccccc2)CC1C1=CCC(Cl)C(F)=C1. The van der Waals surface area contributed by atoms with Crippen LogP contribution in [0.5, 0.6) is 0 Å². The minimum atomic E-state index is -0.826. The van der Waals surface area contributed by atoms with E-state index in [1.54, 1.807) is 0 Å². The third kappa shape index (κ3) is 3.65. The number of hydrogen-bond acceptors (Lipinski definition) is 2. The molecule has 0 amide bonds. The van der Waals surface area contributed by atoms with E-state index in [0.29, 0.717) is 26.1 Å². The van der Waals surface area contributed by atoms with Gasteiger partial charge in [0, 0.05) is 25.6 Å². The number of allylic oxidation sites excluding steroid dienone is 3. The predicted molar refractivity (Wildman–Crippen MR) is 87.9 cm³/mol. The maximum atomic E-state index is 13.8. The summed E-state index contributed by atoms with van der Waals surface area (Å²) >= 11 is 5.86. The zero-order chi connectivity index (χ0) is 16.4. The lowest BCUT2D eigenvalue weighted by Gasteiger charge is -2.21. The third-order valence-corrected chi connectivity index (χ3v) is 4.94. The lowest BCUT2D eigenvalue weighted by molar-refractivity contribution is -0.142. The molecule has 3 nitrogen and oxygen atoms in total. The smallest absolute Gasteiger partial charge is 0.308 e. The lowest BCUT2D eigenvalue weighted by Crippen LogP contribution is -2.24. The Hall–Kier alpha value is -1.65. The Labute approximate surface area is 140 Å². The molecule has 1 aliphatic carbocycles. The quantitative estimate of drug-likeness (QED) is 0.854. The van der Waals surface area contributed by atoms with Crippen LogP contribution in [0.1, 0.15) is 12.0 Å². The van der Waals surface area contributed by atoms with Crippen molar-refractivity contribution < 1.29 is 14.3 Å². The van der Waals surface area contributed by atoms with E-state index < -0.39 is 17.3 Å². The van der Waals surface area contributed by atoms with E-state index in [1.807, 2.05) is 36.4 Å². The van der Waals surface area contributed by atoms with Gasteiger partial charge >= 0.3 is 5.97 Å². The van der Waals surface area contributed by atoms with Crippen LogP contribution in [0, 0.1) is 11.8 Å². The molecule has 3 unspecified atom stereocenters. The molecule has 0 saturated carbocycles. The summed E-state index contributed by atoms with van der Waals surface area (Å²) in [6.45, 7) is 1.80. The van der Waals surface area contributed by atoms with Crippen molar-refractivity contribution >= 4 is 17.6 Å². The van der Waals surface area contributed by atoms with Gasteiger partial charge in [0.25, 0.3) is 0 Å². The fourth-order valence-corrected chi connectivity index (χ4v) is 3.52. The second-order valence-corrected chi connectivity index (χ2v) is 6.69. The molecule has 0 radical (unpaired) electrons. The number of nitrogens with zero attached hydrogens (tertiary/aromatic N) is 1. The molecule has 1 aliphatic heterocycles. The fraction of sp³-hybridized carbons (Fsp3) is 0.389. The number of likely N-dealkylation sites (tertiary alicyclic amines) is 1. The first-order chi connectivity index (χ1) is 11.0. The molecule has 1 aromatic rings. The van der Waals surface area contributed by atoms with Crippen LogP contribution < -0.4 is 0 Å². The third-order valence-electron chi connectivity index (χ3n) is 4.55. The highest BCUT2D eigenvalue weighted by molar-refractivity contribution is 6.22. The average molecular weight is 336 g/mol. The van der Waals surface area contributed by atoms with Crippen molar-refractivity contribution in [2.75, 3.05) is 13.1 Å². The Morgan fingerprint density at radius 1 is 1.30 bits per heavy atom. The van der Waals surface area contributed by atoms with Gasteiger partial charge in [-0.15, -0.1) is 11.6 Å². The minimum Gasteiger partial charge on any atom is -0.481 e. The van der Waals surface area contributed by atoms with Crippen LogP contribution in [0.3, 0.4) is 0 Å². The van der Waals surface area contributed by atoms with Gasteiger partial charge in [-0.1, -0.05) is 36.4 Å². The second kappa shape index (κ2) is 6.85. The van der Waals surface area contributed by atoms with E-state index in [4.69, 9.17) is 11.6 Å². The number of alkyl halides is 1. The number of aliphatic carboxylic acids is 1. The van der Waals surface area contributed by atoms with Crippen LogP contribution in [-0.2, 0) is 11.3 Å². The van der Waals surface area contributed by atoms with E-state index in [9.17, 15) is 14.3 Å². The molecule has 2 aliphatic rings. The first-order valence-electron chi connectivity index (χ1n) is 7.75. The Balaban J connectivity index is 1.76. The molecule has 1 saturated heterocycles. The van der Waals surface area contributed by atoms with Crippen LogP contribution >= 0.6 is 11.6 Å². The topological polar surface area (TPSA) is 40.5 Å². The van der Waals surface area contributed by atoms with Gasteiger partial charge in [0.2, 0.25) is 0 Å². The normalized spacial score (nSPS) is 28.3. The second-order valence-electron chi connectivity index (χ2n) is 6.17. The zero-order valence-electron chi connectivity index (χ0n) is 12.7. The number of rotatable bonds is 4. The minimum absolute atomic E-state index is 0.189. The van der Waals surface area contributed by atoms with Crippen LogP contribution in [0.2, 0.25) is 0 Å². The van der Waals surface area contributed by atoms with Crippen LogP contribution in [-0.4, -0.2) is 34.4 Å². The highest BCUT2D eigenvalue weighted by Crippen LogP contribution is 2.36. The maximum absolute atomic E-state index is 13.8. The molecule has 0 bridgehead atoms.